The van der Waals surface area contributed by atoms with Gasteiger partial charge in [-0.25, -0.2) is 9.79 Å². The van der Waals surface area contributed by atoms with E-state index < -0.39 is 12.0 Å². The van der Waals surface area contributed by atoms with Gasteiger partial charge in [-0.05, 0) is 43.7 Å². The van der Waals surface area contributed by atoms with Crippen molar-refractivity contribution in [2.45, 2.75) is 19.9 Å². The van der Waals surface area contributed by atoms with E-state index in [-0.39, 0.29) is 17.9 Å². The Labute approximate surface area is 199 Å². The molecule has 8 nitrogen and oxygen atoms in total. The maximum Gasteiger partial charge on any atom is 0.338 e. The molecular weight excluding hydrogens is 456 g/mol. The molecule has 1 atom stereocenters. The third-order valence-electron chi connectivity index (χ3n) is 5.49. The fourth-order valence-corrected chi connectivity index (χ4v) is 4.89. The van der Waals surface area contributed by atoms with Crippen LogP contribution in [0.2, 0.25) is 0 Å². The number of allylic oxidation sites excluding steroid dienone is 1. The molecular formula is C25H24N2O6S. The van der Waals surface area contributed by atoms with Gasteiger partial charge in [0.25, 0.3) is 5.56 Å². The highest BCUT2D eigenvalue weighted by atomic mass is 32.1. The molecule has 0 unspecified atom stereocenters. The van der Waals surface area contributed by atoms with Crippen molar-refractivity contribution in [3.8, 4) is 17.2 Å². The number of phenolic OH excluding ortho intramolecular Hbond substituents is 1. The van der Waals surface area contributed by atoms with Gasteiger partial charge in [-0.1, -0.05) is 35.6 Å². The molecule has 0 bridgehead atoms. The summed E-state index contributed by atoms with van der Waals surface area (Å²) in [5, 5.41) is 10.5. The van der Waals surface area contributed by atoms with E-state index in [4.69, 9.17) is 14.2 Å². The monoisotopic (exact) mass is 480 g/mol. The van der Waals surface area contributed by atoms with Gasteiger partial charge in [-0.15, -0.1) is 0 Å². The molecule has 1 aromatic heterocycles. The first-order valence-corrected chi connectivity index (χ1v) is 11.4. The number of phenols is 1. The third kappa shape index (κ3) is 4.10. The number of nitrogens with zero attached hydrogens (tertiary/aromatic N) is 2. The van der Waals surface area contributed by atoms with Gasteiger partial charge >= 0.3 is 5.97 Å². The maximum atomic E-state index is 13.6. The molecule has 0 spiro atoms. The zero-order valence-electron chi connectivity index (χ0n) is 19.2. The average Bonchev–Trinajstić information content (AvgIpc) is 3.14. The molecule has 0 fully saturated rings. The minimum Gasteiger partial charge on any atom is -0.504 e. The number of methoxy groups -OCH3 is 2. The van der Waals surface area contributed by atoms with Crippen molar-refractivity contribution < 1.29 is 24.1 Å². The number of aromatic nitrogens is 1. The van der Waals surface area contributed by atoms with Gasteiger partial charge in [0.2, 0.25) is 0 Å². The normalized spacial score (nSPS) is 15.5. The molecule has 34 heavy (non-hydrogen) atoms. The van der Waals surface area contributed by atoms with Crippen LogP contribution in [-0.4, -0.2) is 36.5 Å². The molecule has 0 saturated heterocycles. The van der Waals surface area contributed by atoms with E-state index in [1.54, 1.807) is 57.4 Å². The summed E-state index contributed by atoms with van der Waals surface area (Å²) >= 11 is 1.18. The molecule has 9 heteroatoms. The van der Waals surface area contributed by atoms with Crippen molar-refractivity contribution in [1.82, 2.24) is 4.57 Å². The van der Waals surface area contributed by atoms with Gasteiger partial charge in [0.05, 0.1) is 42.7 Å². The zero-order valence-corrected chi connectivity index (χ0v) is 20.0. The Morgan fingerprint density at radius 2 is 1.91 bits per heavy atom. The lowest BCUT2D eigenvalue weighted by molar-refractivity contribution is -0.139. The number of benzene rings is 2. The van der Waals surface area contributed by atoms with Crippen LogP contribution in [0.3, 0.4) is 0 Å². The van der Waals surface area contributed by atoms with E-state index in [1.807, 2.05) is 12.1 Å². The minimum atomic E-state index is -0.720. The van der Waals surface area contributed by atoms with E-state index in [9.17, 15) is 14.7 Å². The maximum absolute atomic E-state index is 13.6. The first-order chi connectivity index (χ1) is 16.4. The number of para-hydroxylation sites is 1. The Kier molecular flexibility index (Phi) is 6.56. The number of hydrogen-bond donors (Lipinski definition) is 1. The Balaban J connectivity index is 1.95. The second-order valence-electron chi connectivity index (χ2n) is 7.47. The lowest BCUT2D eigenvalue weighted by atomic mass is 9.96. The van der Waals surface area contributed by atoms with E-state index >= 15 is 0 Å². The Morgan fingerprint density at radius 1 is 1.18 bits per heavy atom. The van der Waals surface area contributed by atoms with Crippen LogP contribution in [0, 0.1) is 0 Å². The van der Waals surface area contributed by atoms with Crippen LogP contribution in [0.15, 0.2) is 63.5 Å². The van der Waals surface area contributed by atoms with E-state index in [2.05, 4.69) is 4.99 Å². The molecule has 0 radical (unpaired) electrons. The second-order valence-corrected chi connectivity index (χ2v) is 8.48. The first-order valence-electron chi connectivity index (χ1n) is 10.6. The highest BCUT2D eigenvalue weighted by Gasteiger charge is 2.33. The molecule has 3 aromatic rings. The minimum absolute atomic E-state index is 0.0640. The zero-order chi connectivity index (χ0) is 24.4. The van der Waals surface area contributed by atoms with Gasteiger partial charge < -0.3 is 19.3 Å². The summed E-state index contributed by atoms with van der Waals surface area (Å²) in [5.41, 5.74) is 1.61. The van der Waals surface area contributed by atoms with Crippen molar-refractivity contribution in [3.63, 3.8) is 0 Å². The standard InChI is InChI=1S/C25H24N2O6S/c1-5-33-24(30)20-14(2)26-25-27(21(20)15-9-11-17(31-3)12-10-15)23(29)19(34-25)13-16-7-6-8-18(32-4)22(16)28/h6-13,21,28H,5H2,1-4H3/b19-13-/t21-/m1/s1. The number of fused-ring (bicyclic) bond motifs is 1. The fourth-order valence-electron chi connectivity index (χ4n) is 3.85. The lowest BCUT2D eigenvalue weighted by Gasteiger charge is -2.24. The van der Waals surface area contributed by atoms with Crippen LogP contribution in [0.1, 0.15) is 31.0 Å². The Hall–Kier alpha value is -3.85. The molecule has 1 aliphatic heterocycles. The van der Waals surface area contributed by atoms with Gasteiger partial charge in [-0.2, -0.15) is 0 Å². The van der Waals surface area contributed by atoms with Crippen molar-refractivity contribution in [2.75, 3.05) is 20.8 Å². The van der Waals surface area contributed by atoms with Crippen molar-refractivity contribution in [3.05, 3.63) is 84.5 Å². The van der Waals surface area contributed by atoms with E-state index in [0.29, 0.717) is 37.7 Å². The number of carbonyl (C=O) groups is 1. The Bertz CT molecular complexity index is 1450. The second kappa shape index (κ2) is 9.56. The smallest absolute Gasteiger partial charge is 0.338 e. The van der Waals surface area contributed by atoms with Crippen LogP contribution in [0.4, 0.5) is 0 Å². The molecule has 0 amide bonds. The van der Waals surface area contributed by atoms with Gasteiger partial charge in [0, 0.05) is 5.56 Å². The Morgan fingerprint density at radius 3 is 2.56 bits per heavy atom. The summed E-state index contributed by atoms with van der Waals surface area (Å²) in [6.07, 6.45) is 1.59. The van der Waals surface area contributed by atoms with Crippen LogP contribution in [0.5, 0.6) is 17.2 Å². The number of ether oxygens (including phenoxy) is 3. The summed E-state index contributed by atoms with van der Waals surface area (Å²) in [4.78, 5) is 31.5. The molecule has 1 aliphatic rings. The highest BCUT2D eigenvalue weighted by molar-refractivity contribution is 7.07. The van der Waals surface area contributed by atoms with Gasteiger partial charge in [-0.3, -0.25) is 9.36 Å². The van der Waals surface area contributed by atoms with E-state index in [1.165, 1.54) is 23.0 Å². The summed E-state index contributed by atoms with van der Waals surface area (Å²) in [7, 11) is 3.03. The van der Waals surface area contributed by atoms with Gasteiger partial charge in [0.1, 0.15) is 5.75 Å². The number of rotatable bonds is 6. The van der Waals surface area contributed by atoms with Crippen molar-refractivity contribution in [1.29, 1.82) is 0 Å². The predicted octanol–water partition coefficient (Wildman–Crippen LogP) is 2.52. The summed E-state index contributed by atoms with van der Waals surface area (Å²) < 4.78 is 17.6. The predicted molar refractivity (Wildman–Crippen MR) is 128 cm³/mol. The number of aromatic hydroxyl groups is 1. The number of hydrogen-bond acceptors (Lipinski definition) is 8. The summed E-state index contributed by atoms with van der Waals surface area (Å²) in [6, 6.07) is 11.5. The molecule has 0 aliphatic carbocycles. The van der Waals surface area contributed by atoms with Crippen molar-refractivity contribution in [2.24, 2.45) is 4.99 Å². The average molecular weight is 481 g/mol. The van der Waals surface area contributed by atoms with Crippen LogP contribution >= 0.6 is 11.3 Å². The topological polar surface area (TPSA) is 99.4 Å². The molecule has 176 valence electrons. The molecule has 2 heterocycles. The fraction of sp³-hybridized carbons (Fsp3) is 0.240. The van der Waals surface area contributed by atoms with Crippen LogP contribution < -0.4 is 24.4 Å². The highest BCUT2D eigenvalue weighted by Crippen LogP contribution is 2.32. The van der Waals surface area contributed by atoms with Gasteiger partial charge in [0.15, 0.2) is 16.3 Å². The SMILES string of the molecule is CCOC(=O)C1=C(C)N=c2s/c(=C\c3cccc(OC)c3O)c(=O)n2[C@@H]1c1ccc(OC)cc1. The molecule has 1 N–H and O–H groups in total. The lowest BCUT2D eigenvalue weighted by Crippen LogP contribution is -2.39. The van der Waals surface area contributed by atoms with Crippen LogP contribution in [-0.2, 0) is 9.53 Å². The molecule has 2 aromatic carbocycles. The summed E-state index contributed by atoms with van der Waals surface area (Å²) in [5.74, 6) is 0.372. The largest absolute Gasteiger partial charge is 0.504 e. The quantitative estimate of drug-likeness (QED) is 0.545. The molecule has 0 saturated carbocycles. The summed E-state index contributed by atoms with van der Waals surface area (Å²) in [6.45, 7) is 3.66. The number of carbonyl (C=O) groups excluding carboxylic acids is 1. The number of esters is 1. The first kappa shape index (κ1) is 23.3. The van der Waals surface area contributed by atoms with Crippen LogP contribution in [0.25, 0.3) is 6.08 Å². The van der Waals surface area contributed by atoms with Crippen molar-refractivity contribution >= 4 is 23.4 Å². The number of thiazole rings is 1. The molecule has 4 rings (SSSR count). The third-order valence-corrected chi connectivity index (χ3v) is 6.47. The van der Waals surface area contributed by atoms with E-state index in [0.717, 1.165) is 5.56 Å².